The highest BCUT2D eigenvalue weighted by Crippen LogP contribution is 2.31. The van der Waals surface area contributed by atoms with Crippen LogP contribution in [0.4, 0.5) is 5.69 Å². The second-order valence-corrected chi connectivity index (χ2v) is 6.53. The molecule has 0 amide bonds. The van der Waals surface area contributed by atoms with Crippen LogP contribution in [0.15, 0.2) is 18.2 Å². The lowest BCUT2D eigenvalue weighted by Gasteiger charge is -2.38. The topological polar surface area (TPSA) is 32.5 Å². The van der Waals surface area contributed by atoms with Crippen molar-refractivity contribution in [2.75, 3.05) is 32.1 Å². The lowest BCUT2D eigenvalue weighted by molar-refractivity contribution is 0.258. The Morgan fingerprint density at radius 1 is 1.45 bits per heavy atom. The highest BCUT2D eigenvalue weighted by Gasteiger charge is 2.23. The Balaban J connectivity index is 2.25. The molecular weight excluding hydrogens is 270 g/mol. The van der Waals surface area contributed by atoms with Gasteiger partial charge in [-0.1, -0.05) is 17.7 Å². The van der Waals surface area contributed by atoms with Crippen molar-refractivity contribution < 1.29 is 0 Å². The quantitative estimate of drug-likeness (QED) is 0.927. The predicted molar refractivity (Wildman–Crippen MR) is 87.7 cm³/mol. The van der Waals surface area contributed by atoms with Crippen molar-refractivity contribution in [2.45, 2.75) is 38.3 Å². The number of nitrogens with zero attached hydrogens (tertiary/aromatic N) is 2. The van der Waals surface area contributed by atoms with Crippen LogP contribution in [-0.2, 0) is 6.42 Å². The average molecular weight is 296 g/mol. The van der Waals surface area contributed by atoms with Crippen LogP contribution in [0.3, 0.4) is 0 Å². The molecule has 0 radical (unpaired) electrons. The van der Waals surface area contributed by atoms with Gasteiger partial charge in [0.25, 0.3) is 0 Å². The minimum absolute atomic E-state index is 0.128. The molecule has 1 aromatic carbocycles. The largest absolute Gasteiger partial charge is 0.370 e. The first-order chi connectivity index (χ1) is 9.49. The maximum atomic E-state index is 6.40. The van der Waals surface area contributed by atoms with Crippen LogP contribution in [0.1, 0.15) is 25.3 Å². The van der Waals surface area contributed by atoms with Gasteiger partial charge >= 0.3 is 0 Å². The van der Waals surface area contributed by atoms with E-state index in [9.17, 15) is 0 Å². The van der Waals surface area contributed by atoms with E-state index >= 15 is 0 Å². The highest BCUT2D eigenvalue weighted by molar-refractivity contribution is 6.31. The summed E-state index contributed by atoms with van der Waals surface area (Å²) in [5.74, 6) is 0. The molecule has 1 saturated heterocycles. The molecule has 0 aromatic heterocycles. The number of nitrogens with two attached hydrogens (primary N) is 1. The average Bonchev–Trinajstić information content (AvgIpc) is 2.41. The summed E-state index contributed by atoms with van der Waals surface area (Å²) in [6.45, 7) is 4.21. The van der Waals surface area contributed by atoms with Crippen LogP contribution in [0, 0.1) is 0 Å². The van der Waals surface area contributed by atoms with Gasteiger partial charge in [0.15, 0.2) is 0 Å². The molecule has 2 atom stereocenters. The molecule has 2 N–H and O–H groups in total. The maximum absolute atomic E-state index is 6.40. The monoisotopic (exact) mass is 295 g/mol. The van der Waals surface area contributed by atoms with Crippen molar-refractivity contribution in [3.63, 3.8) is 0 Å². The number of rotatable bonds is 4. The first kappa shape index (κ1) is 15.6. The minimum atomic E-state index is 0.128. The van der Waals surface area contributed by atoms with Gasteiger partial charge in [-0.25, -0.2) is 0 Å². The summed E-state index contributed by atoms with van der Waals surface area (Å²) in [5.41, 5.74) is 8.44. The van der Waals surface area contributed by atoms with E-state index in [0.717, 1.165) is 24.5 Å². The molecule has 2 rings (SSSR count). The SMILES string of the molecule is CC(N)Cc1c(Cl)cccc1N1CCCC(N(C)C)C1. The van der Waals surface area contributed by atoms with Gasteiger partial charge in [0.1, 0.15) is 0 Å². The van der Waals surface area contributed by atoms with Gasteiger partial charge in [0, 0.05) is 35.9 Å². The first-order valence-electron chi connectivity index (χ1n) is 7.43. The molecule has 0 bridgehead atoms. The molecule has 0 spiro atoms. The lowest BCUT2D eigenvalue weighted by atomic mass is 10.00. The Bertz CT molecular complexity index is 445. The second kappa shape index (κ2) is 6.79. The minimum Gasteiger partial charge on any atom is -0.370 e. The Kier molecular flexibility index (Phi) is 5.30. The number of likely N-dealkylation sites (N-methyl/N-ethyl adjacent to an activating group) is 1. The van der Waals surface area contributed by atoms with Gasteiger partial charge in [-0.05, 0) is 58.0 Å². The van der Waals surface area contributed by atoms with Gasteiger partial charge < -0.3 is 15.5 Å². The van der Waals surface area contributed by atoms with E-state index in [0.29, 0.717) is 6.04 Å². The van der Waals surface area contributed by atoms with Crippen molar-refractivity contribution in [1.82, 2.24) is 4.90 Å². The molecular formula is C16H26ClN3. The molecule has 0 saturated carbocycles. The van der Waals surface area contributed by atoms with Gasteiger partial charge in [0.2, 0.25) is 0 Å². The molecule has 2 unspecified atom stereocenters. The number of piperidine rings is 1. The van der Waals surface area contributed by atoms with E-state index in [1.807, 2.05) is 19.1 Å². The molecule has 1 aromatic rings. The molecule has 4 heteroatoms. The Labute approximate surface area is 127 Å². The van der Waals surface area contributed by atoms with Crippen LogP contribution < -0.4 is 10.6 Å². The highest BCUT2D eigenvalue weighted by atomic mass is 35.5. The summed E-state index contributed by atoms with van der Waals surface area (Å²) in [6.07, 6.45) is 3.33. The maximum Gasteiger partial charge on any atom is 0.0459 e. The Hall–Kier alpha value is -0.770. The summed E-state index contributed by atoms with van der Waals surface area (Å²) in [7, 11) is 4.32. The van der Waals surface area contributed by atoms with Gasteiger partial charge in [0.05, 0.1) is 0 Å². The third kappa shape index (κ3) is 3.66. The summed E-state index contributed by atoms with van der Waals surface area (Å²) in [4.78, 5) is 4.79. The fourth-order valence-corrected chi connectivity index (χ4v) is 3.21. The van der Waals surface area contributed by atoms with E-state index in [1.54, 1.807) is 0 Å². The number of halogens is 1. The van der Waals surface area contributed by atoms with Crippen LogP contribution in [0.2, 0.25) is 5.02 Å². The second-order valence-electron chi connectivity index (χ2n) is 6.12. The van der Waals surface area contributed by atoms with Crippen molar-refractivity contribution in [1.29, 1.82) is 0 Å². The van der Waals surface area contributed by atoms with Crippen molar-refractivity contribution >= 4 is 17.3 Å². The fourth-order valence-electron chi connectivity index (χ4n) is 2.96. The molecule has 112 valence electrons. The van der Waals surface area contributed by atoms with Crippen molar-refractivity contribution in [3.8, 4) is 0 Å². The van der Waals surface area contributed by atoms with Gasteiger partial charge in [-0.2, -0.15) is 0 Å². The first-order valence-corrected chi connectivity index (χ1v) is 7.81. The third-order valence-electron chi connectivity index (χ3n) is 4.09. The molecule has 1 heterocycles. The number of anilines is 1. The summed E-state index contributed by atoms with van der Waals surface area (Å²) >= 11 is 6.40. The molecule has 1 fully saturated rings. The van der Waals surface area contributed by atoms with E-state index in [-0.39, 0.29) is 6.04 Å². The van der Waals surface area contributed by atoms with Crippen molar-refractivity contribution in [3.05, 3.63) is 28.8 Å². The summed E-state index contributed by atoms with van der Waals surface area (Å²) in [5, 5.41) is 0.840. The third-order valence-corrected chi connectivity index (χ3v) is 4.44. The van der Waals surface area contributed by atoms with Gasteiger partial charge in [-0.3, -0.25) is 0 Å². The molecule has 3 nitrogen and oxygen atoms in total. The Morgan fingerprint density at radius 3 is 2.85 bits per heavy atom. The zero-order chi connectivity index (χ0) is 14.7. The van der Waals surface area contributed by atoms with E-state index in [1.165, 1.54) is 24.1 Å². The zero-order valence-corrected chi connectivity index (χ0v) is 13.5. The summed E-state index contributed by atoms with van der Waals surface area (Å²) < 4.78 is 0. The van der Waals surface area contributed by atoms with Crippen LogP contribution in [0.5, 0.6) is 0 Å². The standard InChI is InChI=1S/C16H26ClN3/c1-12(18)10-14-15(17)7-4-8-16(14)20-9-5-6-13(11-20)19(2)3/h4,7-8,12-13H,5-6,9-11,18H2,1-3H3. The number of hydrogen-bond acceptors (Lipinski definition) is 3. The number of hydrogen-bond donors (Lipinski definition) is 1. The molecule has 1 aliphatic heterocycles. The van der Waals surface area contributed by atoms with Crippen molar-refractivity contribution in [2.24, 2.45) is 5.73 Å². The fraction of sp³-hybridized carbons (Fsp3) is 0.625. The molecule has 1 aliphatic rings. The molecule has 0 aliphatic carbocycles. The Morgan fingerprint density at radius 2 is 2.20 bits per heavy atom. The normalized spacial score (nSPS) is 21.3. The lowest BCUT2D eigenvalue weighted by Crippen LogP contribution is -2.45. The predicted octanol–water partition coefficient (Wildman–Crippen LogP) is 2.76. The smallest absolute Gasteiger partial charge is 0.0459 e. The van der Waals surface area contributed by atoms with Gasteiger partial charge in [-0.15, -0.1) is 0 Å². The van der Waals surface area contributed by atoms with E-state index in [2.05, 4.69) is 30.0 Å². The number of benzene rings is 1. The van der Waals surface area contributed by atoms with Crippen LogP contribution in [-0.4, -0.2) is 44.2 Å². The van der Waals surface area contributed by atoms with Crippen LogP contribution in [0.25, 0.3) is 0 Å². The van der Waals surface area contributed by atoms with Crippen LogP contribution >= 0.6 is 11.6 Å². The summed E-state index contributed by atoms with van der Waals surface area (Å²) in [6, 6.07) is 6.94. The van der Waals surface area contributed by atoms with E-state index in [4.69, 9.17) is 17.3 Å². The molecule has 20 heavy (non-hydrogen) atoms. The zero-order valence-electron chi connectivity index (χ0n) is 12.8. The van der Waals surface area contributed by atoms with E-state index < -0.39 is 0 Å².